The van der Waals surface area contributed by atoms with Crippen LogP contribution in [0.4, 0.5) is 0 Å². The van der Waals surface area contributed by atoms with Crippen LogP contribution in [0, 0.1) is 18.3 Å². The van der Waals surface area contributed by atoms with Gasteiger partial charge in [0, 0.05) is 34.8 Å². The summed E-state index contributed by atoms with van der Waals surface area (Å²) < 4.78 is 1.61. The van der Waals surface area contributed by atoms with Crippen molar-refractivity contribution in [2.45, 2.75) is 6.92 Å². The van der Waals surface area contributed by atoms with E-state index >= 15 is 0 Å². The molecule has 2 aromatic heterocycles. The van der Waals surface area contributed by atoms with Crippen LogP contribution in [-0.4, -0.2) is 9.55 Å². The van der Waals surface area contributed by atoms with Crippen LogP contribution in [0.5, 0.6) is 0 Å². The fraction of sp³-hybridized carbons (Fsp3) is 0.0417. The Morgan fingerprint density at radius 2 is 1.68 bits per heavy atom. The number of aryl methyl sites for hydroxylation is 1. The number of hydrogen-bond acceptors (Lipinski definition) is 3. The molecule has 134 valence electrons. The van der Waals surface area contributed by atoms with Gasteiger partial charge in [0.25, 0.3) is 5.56 Å². The van der Waals surface area contributed by atoms with Crippen LogP contribution < -0.4 is 5.56 Å². The largest absolute Gasteiger partial charge is 0.283 e. The molecule has 0 aliphatic heterocycles. The van der Waals surface area contributed by atoms with Crippen LogP contribution in [0.15, 0.2) is 90.0 Å². The van der Waals surface area contributed by atoms with Gasteiger partial charge in [0.05, 0.1) is 17.3 Å². The molecule has 0 saturated carbocycles. The van der Waals surface area contributed by atoms with Crippen LogP contribution in [0.2, 0.25) is 0 Å². The van der Waals surface area contributed by atoms with E-state index < -0.39 is 0 Å². The van der Waals surface area contributed by atoms with Crippen molar-refractivity contribution in [1.82, 2.24) is 9.55 Å². The van der Waals surface area contributed by atoms with Gasteiger partial charge in [0.15, 0.2) is 0 Å². The number of pyridine rings is 2. The maximum atomic E-state index is 13.3. The number of aromatic nitrogens is 2. The van der Waals surface area contributed by atoms with Crippen LogP contribution >= 0.6 is 0 Å². The van der Waals surface area contributed by atoms with Crippen molar-refractivity contribution in [3.8, 4) is 34.1 Å². The highest BCUT2D eigenvalue weighted by Crippen LogP contribution is 2.26. The Labute approximate surface area is 163 Å². The van der Waals surface area contributed by atoms with Crippen LogP contribution in [0.25, 0.3) is 28.1 Å². The van der Waals surface area contributed by atoms with Gasteiger partial charge in [-0.25, -0.2) is 0 Å². The minimum Gasteiger partial charge on any atom is -0.283 e. The van der Waals surface area contributed by atoms with Gasteiger partial charge in [-0.3, -0.25) is 14.3 Å². The number of nitrogens with zero attached hydrogens (tertiary/aromatic N) is 3. The molecule has 4 aromatic rings. The van der Waals surface area contributed by atoms with Crippen molar-refractivity contribution in [1.29, 1.82) is 5.26 Å². The predicted octanol–water partition coefficient (Wildman–Crippen LogP) is 4.75. The summed E-state index contributed by atoms with van der Waals surface area (Å²) >= 11 is 0. The Balaban J connectivity index is 2.05. The first-order valence-electron chi connectivity index (χ1n) is 8.92. The Bertz CT molecular complexity index is 1250. The third kappa shape index (κ3) is 3.22. The van der Waals surface area contributed by atoms with E-state index in [4.69, 9.17) is 0 Å². The monoisotopic (exact) mass is 363 g/mol. The highest BCUT2D eigenvalue weighted by Gasteiger charge is 2.14. The molecule has 0 radical (unpaired) electrons. The van der Waals surface area contributed by atoms with Crippen molar-refractivity contribution in [3.63, 3.8) is 0 Å². The van der Waals surface area contributed by atoms with E-state index in [1.54, 1.807) is 35.2 Å². The van der Waals surface area contributed by atoms with Crippen LogP contribution in [0.3, 0.4) is 0 Å². The Morgan fingerprint density at radius 1 is 0.929 bits per heavy atom. The second-order valence-electron chi connectivity index (χ2n) is 6.53. The third-order valence-electron chi connectivity index (χ3n) is 4.60. The lowest BCUT2D eigenvalue weighted by molar-refractivity contribution is 0.993. The number of rotatable bonds is 3. The summed E-state index contributed by atoms with van der Waals surface area (Å²) in [5, 5.41) is 9.51. The van der Waals surface area contributed by atoms with Crippen molar-refractivity contribution >= 4 is 0 Å². The summed E-state index contributed by atoms with van der Waals surface area (Å²) in [5.74, 6) is 0. The van der Waals surface area contributed by atoms with Gasteiger partial charge in [-0.2, -0.15) is 5.26 Å². The quantitative estimate of drug-likeness (QED) is 0.528. The van der Waals surface area contributed by atoms with E-state index in [2.05, 4.69) is 11.1 Å². The van der Waals surface area contributed by atoms with Crippen molar-refractivity contribution in [2.24, 2.45) is 0 Å². The summed E-state index contributed by atoms with van der Waals surface area (Å²) in [6.07, 6.45) is 3.56. The molecule has 0 aliphatic rings. The first-order chi connectivity index (χ1) is 13.7. The second kappa shape index (κ2) is 7.34. The molecule has 0 bridgehead atoms. The first-order valence-corrected chi connectivity index (χ1v) is 8.92. The molecule has 4 nitrogen and oxygen atoms in total. The first kappa shape index (κ1) is 17.4. The van der Waals surface area contributed by atoms with E-state index in [0.717, 1.165) is 22.5 Å². The zero-order valence-corrected chi connectivity index (χ0v) is 15.3. The average molecular weight is 363 g/mol. The highest BCUT2D eigenvalue weighted by molar-refractivity contribution is 5.75. The van der Waals surface area contributed by atoms with E-state index in [1.807, 2.05) is 61.5 Å². The van der Waals surface area contributed by atoms with Gasteiger partial charge in [-0.15, -0.1) is 0 Å². The number of para-hydroxylation sites is 1. The fourth-order valence-electron chi connectivity index (χ4n) is 3.20. The van der Waals surface area contributed by atoms with Crippen LogP contribution in [0.1, 0.15) is 11.1 Å². The van der Waals surface area contributed by atoms with Crippen LogP contribution in [-0.2, 0) is 0 Å². The topological polar surface area (TPSA) is 58.7 Å². The Morgan fingerprint density at radius 3 is 2.43 bits per heavy atom. The van der Waals surface area contributed by atoms with Gasteiger partial charge in [-0.05, 0) is 48.9 Å². The number of benzene rings is 2. The molecule has 0 aliphatic carbocycles. The maximum Gasteiger partial charge on any atom is 0.263 e. The van der Waals surface area contributed by atoms with E-state index in [1.165, 1.54) is 0 Å². The smallest absolute Gasteiger partial charge is 0.263 e. The lowest BCUT2D eigenvalue weighted by atomic mass is 9.99. The normalized spacial score (nSPS) is 10.4. The maximum absolute atomic E-state index is 13.3. The van der Waals surface area contributed by atoms with E-state index in [9.17, 15) is 10.1 Å². The van der Waals surface area contributed by atoms with E-state index in [0.29, 0.717) is 16.7 Å². The molecular weight excluding hydrogens is 346 g/mol. The Hall–Kier alpha value is -3.97. The zero-order valence-electron chi connectivity index (χ0n) is 15.3. The van der Waals surface area contributed by atoms with Gasteiger partial charge in [0.1, 0.15) is 0 Å². The fourth-order valence-corrected chi connectivity index (χ4v) is 3.20. The number of hydrogen-bond donors (Lipinski definition) is 0. The average Bonchev–Trinajstić information content (AvgIpc) is 2.74. The lowest BCUT2D eigenvalue weighted by Gasteiger charge is -2.13. The minimum atomic E-state index is -0.176. The van der Waals surface area contributed by atoms with E-state index in [-0.39, 0.29) is 5.56 Å². The summed E-state index contributed by atoms with van der Waals surface area (Å²) in [7, 11) is 0. The summed E-state index contributed by atoms with van der Waals surface area (Å²) in [5.41, 5.74) is 4.82. The SMILES string of the molecule is Cc1ccnc(-c2cc(-c3ccccc3C#N)c(=O)n(-c3ccccc3)c2)c1. The van der Waals surface area contributed by atoms with Gasteiger partial charge in [-0.1, -0.05) is 36.4 Å². The molecule has 2 heterocycles. The van der Waals surface area contributed by atoms with Crippen molar-refractivity contribution < 1.29 is 0 Å². The minimum absolute atomic E-state index is 0.176. The summed E-state index contributed by atoms with van der Waals surface area (Å²) in [6, 6.07) is 24.5. The highest BCUT2D eigenvalue weighted by atomic mass is 16.1. The molecule has 28 heavy (non-hydrogen) atoms. The van der Waals surface area contributed by atoms with Gasteiger partial charge >= 0.3 is 0 Å². The molecule has 2 aromatic carbocycles. The molecule has 0 amide bonds. The molecule has 0 N–H and O–H groups in total. The molecule has 4 rings (SSSR count). The predicted molar refractivity (Wildman–Crippen MR) is 110 cm³/mol. The molecule has 0 unspecified atom stereocenters. The Kier molecular flexibility index (Phi) is 4.57. The van der Waals surface area contributed by atoms with Gasteiger partial charge in [0.2, 0.25) is 0 Å². The summed E-state index contributed by atoms with van der Waals surface area (Å²) in [6.45, 7) is 2.00. The second-order valence-corrected chi connectivity index (χ2v) is 6.53. The third-order valence-corrected chi connectivity index (χ3v) is 4.60. The standard InChI is InChI=1S/C24H17N3O/c1-17-11-12-26-23(13-17)19-14-22(21-10-6-5-7-18(21)15-25)24(28)27(16-19)20-8-3-2-4-9-20/h2-14,16H,1H3. The zero-order chi connectivity index (χ0) is 19.5. The number of nitriles is 1. The van der Waals surface area contributed by atoms with Crippen molar-refractivity contribution in [3.05, 3.63) is 107 Å². The molecule has 0 saturated heterocycles. The molecule has 4 heteroatoms. The molecule has 0 fully saturated rings. The molecule has 0 atom stereocenters. The summed E-state index contributed by atoms with van der Waals surface area (Å²) in [4.78, 5) is 17.8. The molecule has 0 spiro atoms. The molecular formula is C24H17N3O. The lowest BCUT2D eigenvalue weighted by Crippen LogP contribution is -2.20. The van der Waals surface area contributed by atoms with Gasteiger partial charge < -0.3 is 0 Å². The van der Waals surface area contributed by atoms with Crippen molar-refractivity contribution in [2.75, 3.05) is 0 Å².